The van der Waals surface area contributed by atoms with E-state index in [1.54, 1.807) is 11.3 Å². The number of nitrogens with zero attached hydrogens (tertiary/aromatic N) is 1. The Labute approximate surface area is 200 Å². The molecule has 7 aromatic rings. The quantitative estimate of drug-likeness (QED) is 0.242. The van der Waals surface area contributed by atoms with Crippen LogP contribution in [-0.4, -0.2) is 4.57 Å². The zero-order valence-electron chi connectivity index (χ0n) is 17.6. The average Bonchev–Trinajstić information content (AvgIpc) is 3.38. The molecule has 0 aliphatic carbocycles. The largest absolute Gasteiger partial charge is 0.309 e. The summed E-state index contributed by atoms with van der Waals surface area (Å²) in [6, 6.07) is 39.0. The van der Waals surface area contributed by atoms with E-state index in [9.17, 15) is 0 Å². The van der Waals surface area contributed by atoms with Gasteiger partial charge in [0.05, 0.1) is 11.0 Å². The fourth-order valence-electron chi connectivity index (χ4n) is 4.94. The Morgan fingerprint density at radius 1 is 0.515 bits per heavy atom. The van der Waals surface area contributed by atoms with Crippen molar-refractivity contribution in [1.29, 1.82) is 0 Å². The molecule has 0 aliphatic heterocycles. The second-order valence-corrected chi connectivity index (χ2v) is 9.89. The SMILES string of the molecule is Clc1ccc2c(c1)sc1cc(-n3c4ccccc4c4ccc(-c5ccccc5)cc43)ccc12. The van der Waals surface area contributed by atoms with E-state index in [1.165, 1.54) is 58.8 Å². The van der Waals surface area contributed by atoms with Crippen molar-refractivity contribution in [2.45, 2.75) is 0 Å². The minimum absolute atomic E-state index is 0.783. The van der Waals surface area contributed by atoms with Crippen LogP contribution in [0.5, 0.6) is 0 Å². The van der Waals surface area contributed by atoms with Crippen molar-refractivity contribution >= 4 is 64.9 Å². The van der Waals surface area contributed by atoms with Gasteiger partial charge in [-0.15, -0.1) is 11.3 Å². The lowest BCUT2D eigenvalue weighted by Crippen LogP contribution is -1.93. The van der Waals surface area contributed by atoms with Crippen LogP contribution in [0, 0.1) is 0 Å². The summed E-state index contributed by atoms with van der Waals surface area (Å²) in [5.41, 5.74) is 6.08. The van der Waals surface area contributed by atoms with Crippen LogP contribution < -0.4 is 0 Å². The van der Waals surface area contributed by atoms with E-state index in [2.05, 4.69) is 108 Å². The maximum Gasteiger partial charge on any atom is 0.0547 e. The summed E-state index contributed by atoms with van der Waals surface area (Å²) in [4.78, 5) is 0. The standard InChI is InChI=1S/C30H18ClNS/c31-21-11-14-25-26-15-12-22(18-30(26)33-29(25)17-21)32-27-9-5-4-8-23(27)24-13-10-20(16-28(24)32)19-6-2-1-3-7-19/h1-18H. The van der Waals surface area contributed by atoms with Gasteiger partial charge in [0, 0.05) is 41.7 Å². The first-order valence-electron chi connectivity index (χ1n) is 11.0. The molecule has 0 radical (unpaired) electrons. The Kier molecular flexibility index (Phi) is 4.14. The monoisotopic (exact) mass is 459 g/mol. The molecule has 7 rings (SSSR count). The Morgan fingerprint density at radius 3 is 2.09 bits per heavy atom. The Bertz CT molecular complexity index is 1830. The summed E-state index contributed by atoms with van der Waals surface area (Å²) >= 11 is 8.06. The van der Waals surface area contributed by atoms with Crippen molar-refractivity contribution in [2.24, 2.45) is 0 Å². The molecule has 0 aliphatic rings. The first-order chi connectivity index (χ1) is 16.3. The molecule has 2 heterocycles. The molecule has 3 heteroatoms. The molecule has 1 nitrogen and oxygen atoms in total. The van der Waals surface area contributed by atoms with E-state index in [-0.39, 0.29) is 0 Å². The van der Waals surface area contributed by atoms with Crippen LogP contribution in [0.25, 0.3) is 58.8 Å². The molecule has 0 spiro atoms. The van der Waals surface area contributed by atoms with Crippen LogP contribution in [0.1, 0.15) is 0 Å². The van der Waals surface area contributed by atoms with Crippen LogP contribution in [0.2, 0.25) is 5.02 Å². The predicted octanol–water partition coefficient (Wildman–Crippen LogP) is 9.47. The molecule has 0 N–H and O–H groups in total. The lowest BCUT2D eigenvalue weighted by molar-refractivity contribution is 1.19. The zero-order valence-corrected chi connectivity index (χ0v) is 19.2. The molecular formula is C30H18ClNS. The highest BCUT2D eigenvalue weighted by molar-refractivity contribution is 7.25. The highest BCUT2D eigenvalue weighted by Gasteiger charge is 2.14. The van der Waals surface area contributed by atoms with Crippen LogP contribution in [-0.2, 0) is 0 Å². The first kappa shape index (κ1) is 18.9. The Balaban J connectivity index is 1.53. The molecule has 0 saturated heterocycles. The van der Waals surface area contributed by atoms with Crippen LogP contribution in [0.3, 0.4) is 0 Å². The van der Waals surface area contributed by atoms with E-state index in [1.807, 2.05) is 6.07 Å². The van der Waals surface area contributed by atoms with Gasteiger partial charge in [0.25, 0.3) is 0 Å². The Morgan fingerprint density at radius 2 is 1.21 bits per heavy atom. The minimum Gasteiger partial charge on any atom is -0.309 e. The van der Waals surface area contributed by atoms with Gasteiger partial charge in [0.15, 0.2) is 0 Å². The van der Waals surface area contributed by atoms with Crippen LogP contribution in [0.4, 0.5) is 0 Å². The maximum absolute atomic E-state index is 6.26. The molecule has 156 valence electrons. The van der Waals surface area contributed by atoms with Crippen LogP contribution >= 0.6 is 22.9 Å². The maximum atomic E-state index is 6.26. The van der Waals surface area contributed by atoms with Crippen molar-refractivity contribution < 1.29 is 0 Å². The predicted molar refractivity (Wildman–Crippen MR) is 144 cm³/mol. The zero-order chi connectivity index (χ0) is 21.9. The minimum atomic E-state index is 0.783. The number of benzene rings is 5. The summed E-state index contributed by atoms with van der Waals surface area (Å²) < 4.78 is 4.90. The molecule has 0 fully saturated rings. The third kappa shape index (κ3) is 2.92. The van der Waals surface area contributed by atoms with Crippen molar-refractivity contribution in [3.8, 4) is 16.8 Å². The van der Waals surface area contributed by atoms with Gasteiger partial charge in [-0.2, -0.15) is 0 Å². The van der Waals surface area contributed by atoms with Gasteiger partial charge in [-0.3, -0.25) is 0 Å². The molecule has 33 heavy (non-hydrogen) atoms. The van der Waals surface area contributed by atoms with Gasteiger partial charge < -0.3 is 4.57 Å². The molecule has 5 aromatic carbocycles. The fraction of sp³-hybridized carbons (Fsp3) is 0. The first-order valence-corrected chi connectivity index (χ1v) is 12.2. The highest BCUT2D eigenvalue weighted by atomic mass is 35.5. The number of rotatable bonds is 2. The number of hydrogen-bond donors (Lipinski definition) is 0. The van der Waals surface area contributed by atoms with Gasteiger partial charge in [-0.25, -0.2) is 0 Å². The van der Waals surface area contributed by atoms with Crippen molar-refractivity contribution in [1.82, 2.24) is 4.57 Å². The molecule has 0 atom stereocenters. The molecular weight excluding hydrogens is 442 g/mol. The smallest absolute Gasteiger partial charge is 0.0547 e. The lowest BCUT2D eigenvalue weighted by atomic mass is 10.0. The van der Waals surface area contributed by atoms with E-state index in [4.69, 9.17) is 11.6 Å². The lowest BCUT2D eigenvalue weighted by Gasteiger charge is -2.09. The fourth-order valence-corrected chi connectivity index (χ4v) is 6.35. The van der Waals surface area contributed by atoms with Crippen molar-refractivity contribution in [2.75, 3.05) is 0 Å². The summed E-state index contributed by atoms with van der Waals surface area (Å²) in [6.07, 6.45) is 0. The molecule has 2 aromatic heterocycles. The molecule has 0 saturated carbocycles. The van der Waals surface area contributed by atoms with Gasteiger partial charge in [-0.05, 0) is 47.5 Å². The number of fused-ring (bicyclic) bond motifs is 6. The number of aromatic nitrogens is 1. The third-order valence-electron chi connectivity index (χ3n) is 6.46. The number of para-hydroxylation sites is 1. The van der Waals surface area contributed by atoms with E-state index in [0.717, 1.165) is 5.02 Å². The van der Waals surface area contributed by atoms with E-state index >= 15 is 0 Å². The normalized spacial score (nSPS) is 11.8. The molecule has 0 unspecified atom stereocenters. The van der Waals surface area contributed by atoms with Gasteiger partial charge >= 0.3 is 0 Å². The molecule has 0 amide bonds. The van der Waals surface area contributed by atoms with Gasteiger partial charge in [0.1, 0.15) is 0 Å². The van der Waals surface area contributed by atoms with Crippen LogP contribution in [0.15, 0.2) is 109 Å². The summed E-state index contributed by atoms with van der Waals surface area (Å²) in [5.74, 6) is 0. The van der Waals surface area contributed by atoms with E-state index < -0.39 is 0 Å². The molecule has 0 bridgehead atoms. The summed E-state index contributed by atoms with van der Waals surface area (Å²) in [7, 11) is 0. The number of hydrogen-bond acceptors (Lipinski definition) is 1. The topological polar surface area (TPSA) is 4.93 Å². The van der Waals surface area contributed by atoms with Gasteiger partial charge in [-0.1, -0.05) is 84.4 Å². The average molecular weight is 460 g/mol. The van der Waals surface area contributed by atoms with Crippen molar-refractivity contribution in [3.05, 3.63) is 114 Å². The third-order valence-corrected chi connectivity index (χ3v) is 7.81. The highest BCUT2D eigenvalue weighted by Crippen LogP contribution is 2.39. The van der Waals surface area contributed by atoms with E-state index in [0.29, 0.717) is 0 Å². The van der Waals surface area contributed by atoms with Crippen molar-refractivity contribution in [3.63, 3.8) is 0 Å². The second-order valence-electron chi connectivity index (χ2n) is 8.37. The summed E-state index contributed by atoms with van der Waals surface area (Å²) in [6.45, 7) is 0. The Hall–Kier alpha value is -3.59. The second kappa shape index (κ2) is 7.21. The number of halogens is 1. The van der Waals surface area contributed by atoms with Gasteiger partial charge in [0.2, 0.25) is 0 Å². The summed E-state index contributed by atoms with van der Waals surface area (Å²) in [5, 5.41) is 5.87. The number of thiophene rings is 1.